The van der Waals surface area contributed by atoms with Gasteiger partial charge in [0.25, 0.3) is 11.6 Å². The molecule has 2 aromatic carbocycles. The van der Waals surface area contributed by atoms with Crippen molar-refractivity contribution in [1.29, 1.82) is 0 Å². The molecule has 2 unspecified atom stereocenters. The summed E-state index contributed by atoms with van der Waals surface area (Å²) in [6.07, 6.45) is -0.414. The van der Waals surface area contributed by atoms with Gasteiger partial charge in [0.2, 0.25) is 0 Å². The van der Waals surface area contributed by atoms with E-state index in [1.165, 1.54) is 0 Å². The molecule has 2 aromatic rings. The molecule has 0 saturated heterocycles. The third-order valence-corrected chi connectivity index (χ3v) is 3.89. The summed E-state index contributed by atoms with van der Waals surface area (Å²) in [5, 5.41) is 23.7. The summed E-state index contributed by atoms with van der Waals surface area (Å²) < 4.78 is 13.2. The van der Waals surface area contributed by atoms with Crippen LogP contribution in [0.1, 0.15) is 27.5 Å². The molecule has 2 N–H and O–H groups in total. The first-order chi connectivity index (χ1) is 11.0. The molecule has 0 aromatic heterocycles. The molecule has 2 atom stereocenters. The van der Waals surface area contributed by atoms with E-state index in [1.807, 2.05) is 12.1 Å². The number of hydrogen-bond donors (Lipinski definition) is 2. The lowest BCUT2D eigenvalue weighted by Gasteiger charge is -2.18. The van der Waals surface area contributed by atoms with Crippen molar-refractivity contribution in [2.75, 3.05) is 0 Å². The number of amides is 1. The zero-order valence-corrected chi connectivity index (χ0v) is 11.9. The summed E-state index contributed by atoms with van der Waals surface area (Å²) in [5.74, 6) is -1.52. The van der Waals surface area contributed by atoms with Crippen LogP contribution >= 0.6 is 0 Å². The maximum absolute atomic E-state index is 13.2. The van der Waals surface area contributed by atoms with Crippen molar-refractivity contribution in [3.8, 4) is 0 Å². The van der Waals surface area contributed by atoms with E-state index in [2.05, 4.69) is 5.32 Å². The molecule has 1 aliphatic rings. The quantitative estimate of drug-likeness (QED) is 0.670. The molecule has 0 bridgehead atoms. The number of nitro groups is 1. The molecule has 23 heavy (non-hydrogen) atoms. The van der Waals surface area contributed by atoms with Crippen LogP contribution in [0.25, 0.3) is 0 Å². The van der Waals surface area contributed by atoms with Crippen molar-refractivity contribution < 1.29 is 19.2 Å². The van der Waals surface area contributed by atoms with E-state index in [4.69, 9.17) is 0 Å². The summed E-state index contributed by atoms with van der Waals surface area (Å²) in [6, 6.07) is 9.37. The highest BCUT2D eigenvalue weighted by Crippen LogP contribution is 2.32. The predicted molar refractivity (Wildman–Crippen MR) is 79.4 cm³/mol. The third kappa shape index (κ3) is 2.78. The average Bonchev–Trinajstić information content (AvgIpc) is 2.83. The number of carbonyl (C=O) groups is 1. The molecule has 0 saturated carbocycles. The molecular formula is C16H13FN2O4. The Morgan fingerprint density at radius 1 is 1.30 bits per heavy atom. The second-order valence-electron chi connectivity index (χ2n) is 5.34. The van der Waals surface area contributed by atoms with Crippen LogP contribution in [-0.2, 0) is 6.42 Å². The van der Waals surface area contributed by atoms with Crippen LogP contribution < -0.4 is 5.32 Å². The van der Waals surface area contributed by atoms with Gasteiger partial charge in [-0.25, -0.2) is 4.39 Å². The summed E-state index contributed by atoms with van der Waals surface area (Å²) in [6.45, 7) is 0. The molecule has 1 aliphatic carbocycles. The summed E-state index contributed by atoms with van der Waals surface area (Å²) in [4.78, 5) is 22.5. The number of fused-ring (bicyclic) bond motifs is 1. The Hall–Kier alpha value is -2.80. The lowest BCUT2D eigenvalue weighted by atomic mass is 10.1. The molecule has 0 radical (unpaired) electrons. The van der Waals surface area contributed by atoms with E-state index in [9.17, 15) is 24.4 Å². The minimum atomic E-state index is -0.809. The van der Waals surface area contributed by atoms with Crippen LogP contribution in [0.15, 0.2) is 42.5 Å². The molecule has 1 amide bonds. The molecular weight excluding hydrogens is 303 g/mol. The number of aliphatic hydroxyl groups is 1. The average molecular weight is 316 g/mol. The molecule has 0 fully saturated rings. The van der Waals surface area contributed by atoms with Gasteiger partial charge in [0, 0.05) is 6.42 Å². The van der Waals surface area contributed by atoms with E-state index in [0.29, 0.717) is 12.5 Å². The molecule has 7 heteroatoms. The highest BCUT2D eigenvalue weighted by atomic mass is 19.1. The number of nitrogens with zero attached hydrogens (tertiary/aromatic N) is 1. The fraction of sp³-hybridized carbons (Fsp3) is 0.188. The van der Waals surface area contributed by atoms with Gasteiger partial charge in [-0.05, 0) is 23.3 Å². The minimum absolute atomic E-state index is 0.243. The van der Waals surface area contributed by atoms with Crippen molar-refractivity contribution >= 4 is 11.6 Å². The number of aliphatic hydroxyl groups excluding tert-OH is 1. The Labute approximate surface area is 130 Å². The van der Waals surface area contributed by atoms with Crippen LogP contribution in [0.4, 0.5) is 10.1 Å². The first-order valence-corrected chi connectivity index (χ1v) is 6.98. The second-order valence-corrected chi connectivity index (χ2v) is 5.34. The number of nitrogens with one attached hydrogen (secondary N) is 1. The van der Waals surface area contributed by atoms with E-state index in [0.717, 1.165) is 23.3 Å². The number of nitro benzene ring substituents is 1. The van der Waals surface area contributed by atoms with E-state index in [1.54, 1.807) is 12.1 Å². The standard InChI is InChI=1S/C16H13FN2O4/c17-10-5-6-12(13(8-10)19(22)23)16(21)18-15-11-4-2-1-3-9(11)7-14(15)20/h1-6,8,14-15,20H,7H2,(H,18,21). The number of hydrogen-bond acceptors (Lipinski definition) is 4. The summed E-state index contributed by atoms with van der Waals surface area (Å²) in [7, 11) is 0. The normalized spacial score (nSPS) is 19.2. The van der Waals surface area contributed by atoms with E-state index in [-0.39, 0.29) is 5.56 Å². The van der Waals surface area contributed by atoms with E-state index >= 15 is 0 Å². The number of rotatable bonds is 3. The van der Waals surface area contributed by atoms with Crippen molar-refractivity contribution in [2.24, 2.45) is 0 Å². The van der Waals surface area contributed by atoms with Gasteiger partial charge in [0.15, 0.2) is 0 Å². The van der Waals surface area contributed by atoms with Gasteiger partial charge >= 0.3 is 0 Å². The molecule has 0 aliphatic heterocycles. The van der Waals surface area contributed by atoms with Gasteiger partial charge < -0.3 is 10.4 Å². The highest BCUT2D eigenvalue weighted by molar-refractivity contribution is 5.98. The van der Waals surface area contributed by atoms with Crippen LogP contribution in [0.3, 0.4) is 0 Å². The van der Waals surface area contributed by atoms with Gasteiger partial charge in [-0.1, -0.05) is 24.3 Å². The maximum Gasteiger partial charge on any atom is 0.285 e. The van der Waals surface area contributed by atoms with Crippen LogP contribution in [-0.4, -0.2) is 22.0 Å². The topological polar surface area (TPSA) is 92.5 Å². The molecule has 6 nitrogen and oxygen atoms in total. The van der Waals surface area contributed by atoms with Gasteiger partial charge in [0.05, 0.1) is 23.1 Å². The van der Waals surface area contributed by atoms with Crippen molar-refractivity contribution in [1.82, 2.24) is 5.32 Å². The Morgan fingerprint density at radius 3 is 2.78 bits per heavy atom. The smallest absolute Gasteiger partial charge is 0.285 e. The second kappa shape index (κ2) is 5.77. The lowest BCUT2D eigenvalue weighted by Crippen LogP contribution is -2.34. The molecule has 3 rings (SSSR count). The van der Waals surface area contributed by atoms with Gasteiger partial charge in [-0.2, -0.15) is 0 Å². The molecule has 0 spiro atoms. The highest BCUT2D eigenvalue weighted by Gasteiger charge is 2.33. The summed E-state index contributed by atoms with van der Waals surface area (Å²) >= 11 is 0. The van der Waals surface area contributed by atoms with Gasteiger partial charge in [-0.15, -0.1) is 0 Å². The Balaban J connectivity index is 1.90. The SMILES string of the molecule is O=C(NC1c2ccccc2CC1O)c1ccc(F)cc1[N+](=O)[O-]. The van der Waals surface area contributed by atoms with Crippen molar-refractivity contribution in [2.45, 2.75) is 18.6 Å². The predicted octanol–water partition coefficient (Wildman–Crippen LogP) is 2.12. The van der Waals surface area contributed by atoms with E-state index < -0.39 is 34.5 Å². The Morgan fingerprint density at radius 2 is 2.04 bits per heavy atom. The zero-order valence-electron chi connectivity index (χ0n) is 11.9. The Kier molecular flexibility index (Phi) is 3.79. The first-order valence-electron chi connectivity index (χ1n) is 6.98. The Bertz CT molecular complexity index is 793. The van der Waals surface area contributed by atoms with Gasteiger partial charge in [0.1, 0.15) is 11.4 Å². The number of halogens is 1. The van der Waals surface area contributed by atoms with Crippen molar-refractivity contribution in [3.05, 3.63) is 75.1 Å². The zero-order chi connectivity index (χ0) is 16.6. The number of benzene rings is 2. The monoisotopic (exact) mass is 316 g/mol. The van der Waals surface area contributed by atoms with Crippen LogP contribution in [0.5, 0.6) is 0 Å². The van der Waals surface area contributed by atoms with Crippen molar-refractivity contribution in [3.63, 3.8) is 0 Å². The maximum atomic E-state index is 13.2. The fourth-order valence-corrected chi connectivity index (χ4v) is 2.81. The largest absolute Gasteiger partial charge is 0.390 e. The lowest BCUT2D eigenvalue weighted by molar-refractivity contribution is -0.385. The first kappa shape index (κ1) is 15.1. The molecule has 0 heterocycles. The van der Waals surface area contributed by atoms with Crippen LogP contribution in [0.2, 0.25) is 0 Å². The van der Waals surface area contributed by atoms with Crippen LogP contribution in [0, 0.1) is 15.9 Å². The summed E-state index contributed by atoms with van der Waals surface area (Å²) in [5.41, 5.74) is 0.841. The fourth-order valence-electron chi connectivity index (χ4n) is 2.81. The molecule has 118 valence electrons. The number of carbonyl (C=O) groups excluding carboxylic acids is 1. The minimum Gasteiger partial charge on any atom is -0.390 e. The van der Waals surface area contributed by atoms with Gasteiger partial charge in [-0.3, -0.25) is 14.9 Å². The third-order valence-electron chi connectivity index (χ3n) is 3.89.